The Balaban J connectivity index is 1.14. The number of hydrogen-bond acceptors (Lipinski definition) is 10. The summed E-state index contributed by atoms with van der Waals surface area (Å²) in [4.78, 5) is 28.3. The van der Waals surface area contributed by atoms with E-state index >= 15 is 0 Å². The molecule has 3 aromatic rings. The van der Waals surface area contributed by atoms with Gasteiger partial charge in [0.1, 0.15) is 16.4 Å². The average molecular weight is 511 g/mol. The van der Waals surface area contributed by atoms with Crippen molar-refractivity contribution >= 4 is 44.9 Å². The van der Waals surface area contributed by atoms with Gasteiger partial charge in [-0.1, -0.05) is 0 Å². The van der Waals surface area contributed by atoms with Crippen LogP contribution in [-0.4, -0.2) is 88.9 Å². The Labute approximate surface area is 214 Å². The molecule has 2 unspecified atom stereocenters. The molecule has 0 radical (unpaired) electrons. The van der Waals surface area contributed by atoms with Gasteiger partial charge in [0.15, 0.2) is 5.82 Å². The highest BCUT2D eigenvalue weighted by Gasteiger charge is 2.40. The molecule has 3 aliphatic heterocycles. The smallest absolute Gasteiger partial charge is 0.228 e. The highest BCUT2D eigenvalue weighted by molar-refractivity contribution is 7.16. The molecular weight excluding hydrogens is 476 g/mol. The van der Waals surface area contributed by atoms with Crippen LogP contribution in [0.25, 0.3) is 10.2 Å². The van der Waals surface area contributed by atoms with Crippen LogP contribution in [0.4, 0.5) is 17.6 Å². The largest absolute Gasteiger partial charge is 0.379 e. The molecular formula is C25H34N8O2S. The highest BCUT2D eigenvalue weighted by atomic mass is 32.1. The number of nitrogens with zero attached hydrogens (tertiary/aromatic N) is 5. The van der Waals surface area contributed by atoms with E-state index in [4.69, 9.17) is 14.7 Å². The maximum Gasteiger partial charge on any atom is 0.228 e. The number of aryl methyl sites for hydroxylation is 1. The van der Waals surface area contributed by atoms with Gasteiger partial charge in [-0.05, 0) is 44.1 Å². The lowest BCUT2D eigenvalue weighted by Crippen LogP contribution is -2.57. The number of aromatic amines is 1. The molecule has 3 aromatic heterocycles. The van der Waals surface area contributed by atoms with Crippen molar-refractivity contribution in [2.24, 2.45) is 5.92 Å². The maximum atomic E-state index is 13.1. The number of rotatable bonds is 7. The third-order valence-corrected chi connectivity index (χ3v) is 8.60. The minimum Gasteiger partial charge on any atom is -0.379 e. The van der Waals surface area contributed by atoms with Gasteiger partial charge in [-0.2, -0.15) is 10.1 Å². The molecule has 3 saturated heterocycles. The number of H-pyrrole nitrogens is 1. The van der Waals surface area contributed by atoms with Crippen LogP contribution in [0.5, 0.6) is 0 Å². The predicted octanol–water partition coefficient (Wildman–Crippen LogP) is 2.70. The standard InChI is InChI=1S/C25H34N8O2S/c1-15-9-22(31-30-15)27-23-20-3-8-36-24(20)29-25(28-23)32(2)19-12-17-10-16(11-18(13-19)26-17)21(34)14-33-4-6-35-7-5-33/h3,8-9,16-19,26H,4-7,10-14H2,1-2H3,(H2,27,28,29,30,31)/t16?,17-,18+,19?. The summed E-state index contributed by atoms with van der Waals surface area (Å²) in [7, 11) is 2.10. The minimum absolute atomic E-state index is 0.155. The number of thiophene rings is 1. The lowest BCUT2D eigenvalue weighted by atomic mass is 9.76. The minimum atomic E-state index is 0.155. The lowest BCUT2D eigenvalue weighted by molar-refractivity contribution is -0.126. The number of fused-ring (bicyclic) bond motifs is 3. The molecule has 11 heteroatoms. The molecule has 0 amide bonds. The van der Waals surface area contributed by atoms with E-state index in [9.17, 15) is 4.79 Å². The average Bonchev–Trinajstić information content (AvgIpc) is 3.52. The molecule has 10 nitrogen and oxygen atoms in total. The molecule has 3 fully saturated rings. The van der Waals surface area contributed by atoms with Crippen molar-refractivity contribution in [2.75, 3.05) is 50.1 Å². The van der Waals surface area contributed by atoms with E-state index in [1.807, 2.05) is 18.4 Å². The van der Waals surface area contributed by atoms with Gasteiger partial charge >= 0.3 is 0 Å². The molecule has 4 atom stereocenters. The van der Waals surface area contributed by atoms with Crippen LogP contribution in [-0.2, 0) is 9.53 Å². The normalized spacial score (nSPS) is 26.7. The Hall–Kier alpha value is -2.60. The van der Waals surface area contributed by atoms with Crippen LogP contribution in [0, 0.1) is 12.8 Å². The van der Waals surface area contributed by atoms with E-state index in [2.05, 4.69) is 43.7 Å². The van der Waals surface area contributed by atoms with E-state index in [1.165, 1.54) is 0 Å². The van der Waals surface area contributed by atoms with Crippen molar-refractivity contribution in [3.8, 4) is 0 Å². The topological polar surface area (TPSA) is 111 Å². The van der Waals surface area contributed by atoms with Gasteiger partial charge in [0.2, 0.25) is 5.95 Å². The molecule has 3 aliphatic rings. The Kier molecular flexibility index (Phi) is 6.63. The first-order valence-electron chi connectivity index (χ1n) is 12.9. The number of ketones is 1. The SMILES string of the molecule is Cc1cc(Nc2nc(N(C)C3C[C@H]4CC(C(=O)CN5CCOCC5)C[C@@H](C3)N4)nc3sccc23)n[nH]1. The molecule has 0 saturated carbocycles. The highest BCUT2D eigenvalue weighted by Crippen LogP contribution is 2.35. The molecule has 3 N–H and O–H groups in total. The number of carbonyl (C=O) groups is 1. The van der Waals surface area contributed by atoms with E-state index < -0.39 is 0 Å². The van der Waals surface area contributed by atoms with Crippen molar-refractivity contribution in [3.05, 3.63) is 23.2 Å². The van der Waals surface area contributed by atoms with Gasteiger partial charge in [-0.3, -0.25) is 14.8 Å². The van der Waals surface area contributed by atoms with Crippen LogP contribution in [0.2, 0.25) is 0 Å². The molecule has 6 heterocycles. The summed E-state index contributed by atoms with van der Waals surface area (Å²) in [5, 5.41) is 17.5. The fourth-order valence-electron chi connectivity index (χ4n) is 5.89. The number of carbonyl (C=O) groups excluding carboxylic acids is 1. The lowest BCUT2D eigenvalue weighted by Gasteiger charge is -2.46. The molecule has 2 bridgehead atoms. The van der Waals surface area contributed by atoms with Crippen LogP contribution in [0.1, 0.15) is 31.4 Å². The van der Waals surface area contributed by atoms with E-state index in [0.29, 0.717) is 30.5 Å². The number of piperidine rings is 2. The molecule has 36 heavy (non-hydrogen) atoms. The maximum absolute atomic E-state index is 13.1. The second-order valence-corrected chi connectivity index (χ2v) is 11.3. The number of Topliss-reactive ketones (excluding diaryl/α,β-unsaturated/α-hetero) is 1. The zero-order valence-electron chi connectivity index (χ0n) is 20.9. The first kappa shape index (κ1) is 23.8. The van der Waals surface area contributed by atoms with Crippen LogP contribution in [0.15, 0.2) is 17.5 Å². The van der Waals surface area contributed by atoms with Gasteiger partial charge in [0, 0.05) is 55.9 Å². The number of ether oxygens (including phenoxy) is 1. The Morgan fingerprint density at radius 3 is 2.72 bits per heavy atom. The number of nitrogens with one attached hydrogen (secondary N) is 3. The fraction of sp³-hybridized carbons (Fsp3) is 0.600. The first-order chi connectivity index (χ1) is 17.5. The number of hydrogen-bond donors (Lipinski definition) is 3. The fourth-order valence-corrected chi connectivity index (χ4v) is 6.64. The van der Waals surface area contributed by atoms with Gasteiger partial charge in [-0.25, -0.2) is 4.98 Å². The second kappa shape index (κ2) is 10.0. The van der Waals surface area contributed by atoms with Crippen molar-refractivity contribution in [2.45, 2.75) is 50.7 Å². The van der Waals surface area contributed by atoms with Crippen molar-refractivity contribution in [1.29, 1.82) is 0 Å². The molecule has 192 valence electrons. The number of aromatic nitrogens is 4. The number of morpholine rings is 1. The first-order valence-corrected chi connectivity index (χ1v) is 13.8. The van der Waals surface area contributed by atoms with Gasteiger partial charge in [0.05, 0.1) is 25.1 Å². The van der Waals surface area contributed by atoms with Crippen LogP contribution >= 0.6 is 11.3 Å². The van der Waals surface area contributed by atoms with E-state index in [1.54, 1.807) is 11.3 Å². The Bertz CT molecular complexity index is 1210. The van der Waals surface area contributed by atoms with Gasteiger partial charge in [-0.15, -0.1) is 11.3 Å². The molecule has 0 aromatic carbocycles. The quantitative estimate of drug-likeness (QED) is 0.442. The summed E-state index contributed by atoms with van der Waals surface area (Å²) in [6.07, 6.45) is 3.81. The Morgan fingerprint density at radius 2 is 2.00 bits per heavy atom. The van der Waals surface area contributed by atoms with Crippen molar-refractivity contribution in [1.82, 2.24) is 30.4 Å². The zero-order valence-corrected chi connectivity index (χ0v) is 21.7. The molecule has 0 spiro atoms. The van der Waals surface area contributed by atoms with Gasteiger partial charge < -0.3 is 20.3 Å². The second-order valence-electron chi connectivity index (χ2n) is 10.4. The van der Waals surface area contributed by atoms with E-state index in [-0.39, 0.29) is 5.92 Å². The van der Waals surface area contributed by atoms with E-state index in [0.717, 1.165) is 85.5 Å². The summed E-state index contributed by atoms with van der Waals surface area (Å²) in [5.41, 5.74) is 0.994. The summed E-state index contributed by atoms with van der Waals surface area (Å²) >= 11 is 1.62. The van der Waals surface area contributed by atoms with Crippen molar-refractivity contribution < 1.29 is 9.53 Å². The third kappa shape index (κ3) is 4.97. The van der Waals surface area contributed by atoms with Crippen LogP contribution < -0.4 is 15.5 Å². The van der Waals surface area contributed by atoms with Crippen LogP contribution in [0.3, 0.4) is 0 Å². The van der Waals surface area contributed by atoms with Gasteiger partial charge in [0.25, 0.3) is 0 Å². The summed E-state index contributed by atoms with van der Waals surface area (Å²) in [6.45, 7) is 5.74. The molecule has 6 rings (SSSR count). The molecule has 0 aliphatic carbocycles. The predicted molar refractivity (Wildman–Crippen MR) is 141 cm³/mol. The summed E-state index contributed by atoms with van der Waals surface area (Å²) < 4.78 is 5.43. The Morgan fingerprint density at radius 1 is 1.22 bits per heavy atom. The van der Waals surface area contributed by atoms with Crippen molar-refractivity contribution in [3.63, 3.8) is 0 Å². The summed E-state index contributed by atoms with van der Waals surface area (Å²) in [5.74, 6) is 2.80. The number of anilines is 3. The summed E-state index contributed by atoms with van der Waals surface area (Å²) in [6, 6.07) is 5.04. The third-order valence-electron chi connectivity index (χ3n) is 7.79. The monoisotopic (exact) mass is 510 g/mol. The zero-order chi connectivity index (χ0) is 24.6.